The van der Waals surface area contributed by atoms with E-state index < -0.39 is 13.6 Å². The van der Waals surface area contributed by atoms with E-state index in [2.05, 4.69) is 19.6 Å². The molecule has 4 nitrogen and oxygen atoms in total. The van der Waals surface area contributed by atoms with Gasteiger partial charge in [-0.1, -0.05) is 37.8 Å². The zero-order chi connectivity index (χ0) is 16.6. The van der Waals surface area contributed by atoms with Crippen molar-refractivity contribution in [1.29, 1.82) is 0 Å². The number of ether oxygens (including phenoxy) is 1. The molecule has 0 saturated heterocycles. The molecule has 0 aliphatic heterocycles. The van der Waals surface area contributed by atoms with E-state index in [0.717, 1.165) is 30.8 Å². The Labute approximate surface area is 147 Å². The molecular formula is C17H32ClNO3Si. The number of aliphatic hydroxyl groups is 2. The molecule has 4 N–H and O–H groups in total. The van der Waals surface area contributed by atoms with Crippen molar-refractivity contribution in [2.24, 2.45) is 5.73 Å². The van der Waals surface area contributed by atoms with Crippen molar-refractivity contribution in [2.75, 3.05) is 19.8 Å². The third-order valence-electron chi connectivity index (χ3n) is 3.80. The van der Waals surface area contributed by atoms with Crippen molar-refractivity contribution in [3.05, 3.63) is 29.8 Å². The van der Waals surface area contributed by atoms with Crippen LogP contribution in [0.2, 0.25) is 25.7 Å². The van der Waals surface area contributed by atoms with Gasteiger partial charge in [-0.05, 0) is 37.0 Å². The molecule has 0 saturated carbocycles. The largest absolute Gasteiger partial charge is 0.494 e. The molecule has 6 heteroatoms. The molecule has 0 amide bonds. The smallest absolute Gasteiger partial charge is 0.119 e. The molecule has 0 radical (unpaired) electrons. The fraction of sp³-hybridized carbons (Fsp3) is 0.647. The van der Waals surface area contributed by atoms with Crippen molar-refractivity contribution in [3.63, 3.8) is 0 Å². The molecule has 0 atom stereocenters. The van der Waals surface area contributed by atoms with Crippen molar-refractivity contribution < 1.29 is 14.9 Å². The highest BCUT2D eigenvalue weighted by atomic mass is 35.5. The van der Waals surface area contributed by atoms with Gasteiger partial charge in [-0.3, -0.25) is 0 Å². The Morgan fingerprint density at radius 1 is 1.09 bits per heavy atom. The van der Waals surface area contributed by atoms with Crippen LogP contribution >= 0.6 is 12.4 Å². The molecule has 0 spiro atoms. The lowest BCUT2D eigenvalue weighted by Crippen LogP contribution is -2.47. The Morgan fingerprint density at radius 2 is 1.65 bits per heavy atom. The summed E-state index contributed by atoms with van der Waals surface area (Å²) in [5.74, 6) is 0.891. The zero-order valence-electron chi connectivity index (χ0n) is 14.5. The maximum Gasteiger partial charge on any atom is 0.119 e. The van der Waals surface area contributed by atoms with Crippen LogP contribution in [0.5, 0.6) is 5.75 Å². The number of benzene rings is 1. The fourth-order valence-electron chi connectivity index (χ4n) is 2.15. The topological polar surface area (TPSA) is 75.7 Å². The van der Waals surface area contributed by atoms with E-state index >= 15 is 0 Å². The highest BCUT2D eigenvalue weighted by molar-refractivity contribution is 6.76. The molecule has 0 unspecified atom stereocenters. The number of aliphatic hydroxyl groups excluding tert-OH is 2. The fourth-order valence-corrected chi connectivity index (χ4v) is 3.35. The van der Waals surface area contributed by atoms with Crippen molar-refractivity contribution in [2.45, 2.75) is 50.5 Å². The number of hydrogen-bond acceptors (Lipinski definition) is 4. The van der Waals surface area contributed by atoms with Gasteiger partial charge in [-0.2, -0.15) is 0 Å². The van der Waals surface area contributed by atoms with E-state index in [4.69, 9.17) is 10.5 Å². The second-order valence-corrected chi connectivity index (χ2v) is 13.0. The van der Waals surface area contributed by atoms with Crippen LogP contribution in [0.15, 0.2) is 24.3 Å². The Hall–Kier alpha value is -0.593. The van der Waals surface area contributed by atoms with E-state index in [1.165, 1.54) is 6.04 Å². The maximum absolute atomic E-state index is 9.18. The van der Waals surface area contributed by atoms with Gasteiger partial charge in [-0.25, -0.2) is 0 Å². The summed E-state index contributed by atoms with van der Waals surface area (Å²) in [5.41, 5.74) is 6.10. The molecule has 0 aliphatic carbocycles. The lowest BCUT2D eigenvalue weighted by Gasteiger charge is -2.24. The summed E-state index contributed by atoms with van der Waals surface area (Å²) < 4.78 is 5.76. The van der Waals surface area contributed by atoms with Gasteiger partial charge < -0.3 is 20.7 Å². The van der Waals surface area contributed by atoms with Crippen LogP contribution in [-0.4, -0.2) is 43.6 Å². The molecule has 23 heavy (non-hydrogen) atoms. The predicted molar refractivity (Wildman–Crippen MR) is 101 cm³/mol. The number of nitrogens with two attached hydrogens (primary N) is 1. The van der Waals surface area contributed by atoms with Crippen LogP contribution in [0.4, 0.5) is 0 Å². The lowest BCUT2D eigenvalue weighted by atomic mass is 9.94. The number of halogens is 1. The highest BCUT2D eigenvalue weighted by Gasteiger charge is 2.22. The lowest BCUT2D eigenvalue weighted by molar-refractivity contribution is 0.115. The number of rotatable bonds is 10. The predicted octanol–water partition coefficient (Wildman–Crippen LogP) is 2.83. The molecule has 1 rings (SSSR count). The summed E-state index contributed by atoms with van der Waals surface area (Å²) in [5, 5.41) is 18.4. The Morgan fingerprint density at radius 3 is 2.13 bits per heavy atom. The van der Waals surface area contributed by atoms with Gasteiger partial charge in [0.2, 0.25) is 0 Å². The summed E-state index contributed by atoms with van der Waals surface area (Å²) in [6.07, 6.45) is 2.39. The third-order valence-corrected chi connectivity index (χ3v) is 5.66. The van der Waals surface area contributed by atoms with Crippen LogP contribution in [0.3, 0.4) is 0 Å². The van der Waals surface area contributed by atoms with Gasteiger partial charge in [0.05, 0.1) is 25.4 Å². The van der Waals surface area contributed by atoms with E-state index in [1.807, 2.05) is 24.3 Å². The average molecular weight is 362 g/mol. The van der Waals surface area contributed by atoms with Crippen LogP contribution in [-0.2, 0) is 6.42 Å². The molecule has 0 heterocycles. The minimum Gasteiger partial charge on any atom is -0.494 e. The standard InChI is InChI=1S/C17H31NO3Si.ClH/c1-22(2,3)12-4-11-21-16-7-5-15(6-8-16)9-10-17(18,13-19)14-20;/h5-8,19-20H,4,9-14,18H2,1-3H3;1H. The molecule has 0 bridgehead atoms. The van der Waals surface area contributed by atoms with Crippen molar-refractivity contribution in [3.8, 4) is 5.75 Å². The first-order valence-electron chi connectivity index (χ1n) is 8.00. The van der Waals surface area contributed by atoms with E-state index in [-0.39, 0.29) is 25.6 Å². The SMILES string of the molecule is C[Si](C)(C)CCCOc1ccc(CCC(N)(CO)CO)cc1.Cl. The van der Waals surface area contributed by atoms with Gasteiger partial charge in [0.15, 0.2) is 0 Å². The zero-order valence-corrected chi connectivity index (χ0v) is 16.4. The monoisotopic (exact) mass is 361 g/mol. The molecule has 0 fully saturated rings. The summed E-state index contributed by atoms with van der Waals surface area (Å²) >= 11 is 0. The summed E-state index contributed by atoms with van der Waals surface area (Å²) in [7, 11) is -0.973. The second-order valence-electron chi connectivity index (χ2n) is 7.34. The maximum atomic E-state index is 9.18. The molecule has 1 aromatic rings. The van der Waals surface area contributed by atoms with E-state index in [1.54, 1.807) is 0 Å². The van der Waals surface area contributed by atoms with Crippen LogP contribution < -0.4 is 10.5 Å². The Kier molecular flexibility index (Phi) is 10.0. The van der Waals surface area contributed by atoms with E-state index in [9.17, 15) is 10.2 Å². The summed E-state index contributed by atoms with van der Waals surface area (Å²) in [6, 6.07) is 9.26. The average Bonchev–Trinajstić information content (AvgIpc) is 2.49. The number of hydrogen-bond donors (Lipinski definition) is 3. The molecule has 1 aromatic carbocycles. The van der Waals surface area contributed by atoms with Crippen LogP contribution in [0.1, 0.15) is 18.4 Å². The highest BCUT2D eigenvalue weighted by Crippen LogP contribution is 2.17. The first kappa shape index (κ1) is 22.4. The molecule has 0 aromatic heterocycles. The van der Waals surface area contributed by atoms with Crippen LogP contribution in [0.25, 0.3) is 0 Å². The molecule has 134 valence electrons. The first-order valence-corrected chi connectivity index (χ1v) is 11.7. The molecule has 0 aliphatic rings. The Bertz CT molecular complexity index is 430. The van der Waals surface area contributed by atoms with Crippen LogP contribution in [0, 0.1) is 0 Å². The molecular weight excluding hydrogens is 330 g/mol. The normalized spacial score (nSPS) is 11.9. The van der Waals surface area contributed by atoms with Gasteiger partial charge in [-0.15, -0.1) is 12.4 Å². The second kappa shape index (κ2) is 10.3. The van der Waals surface area contributed by atoms with E-state index in [0.29, 0.717) is 6.42 Å². The minimum atomic E-state index is -0.973. The summed E-state index contributed by atoms with van der Waals surface area (Å²) in [6.45, 7) is 7.47. The Balaban J connectivity index is 0.00000484. The van der Waals surface area contributed by atoms with Crippen molar-refractivity contribution >= 4 is 20.5 Å². The van der Waals surface area contributed by atoms with Gasteiger partial charge in [0.25, 0.3) is 0 Å². The quantitative estimate of drug-likeness (QED) is 0.442. The minimum absolute atomic E-state index is 0. The van der Waals surface area contributed by atoms with Gasteiger partial charge in [0, 0.05) is 8.07 Å². The van der Waals surface area contributed by atoms with Gasteiger partial charge >= 0.3 is 0 Å². The van der Waals surface area contributed by atoms with Crippen molar-refractivity contribution in [1.82, 2.24) is 0 Å². The number of aryl methyl sites for hydroxylation is 1. The third kappa shape index (κ3) is 9.32. The summed E-state index contributed by atoms with van der Waals surface area (Å²) in [4.78, 5) is 0. The first-order chi connectivity index (χ1) is 10.3. The van der Waals surface area contributed by atoms with Gasteiger partial charge in [0.1, 0.15) is 5.75 Å².